The Labute approximate surface area is 227 Å². The molecule has 4 N–H and O–H groups in total. The fourth-order valence-electron chi connectivity index (χ4n) is 4.00. The lowest BCUT2D eigenvalue weighted by Crippen LogP contribution is -2.54. The molecule has 0 saturated carbocycles. The van der Waals surface area contributed by atoms with Gasteiger partial charge in [-0.25, -0.2) is 4.79 Å². The van der Waals surface area contributed by atoms with E-state index >= 15 is 0 Å². The minimum absolute atomic E-state index is 0.171. The average molecular weight is 531 g/mol. The van der Waals surface area contributed by atoms with E-state index in [1.165, 1.54) is 4.90 Å². The maximum Gasteiger partial charge on any atom is 0.408 e. The number of benzene rings is 1. The third-order valence-corrected chi connectivity index (χ3v) is 5.63. The summed E-state index contributed by atoms with van der Waals surface area (Å²) in [7, 11) is 0. The van der Waals surface area contributed by atoms with Gasteiger partial charge in [0, 0.05) is 12.6 Å². The van der Waals surface area contributed by atoms with Crippen LogP contribution < -0.4 is 16.4 Å². The van der Waals surface area contributed by atoms with Gasteiger partial charge in [-0.15, -0.1) is 0 Å². The van der Waals surface area contributed by atoms with Crippen molar-refractivity contribution in [2.75, 3.05) is 6.54 Å². The van der Waals surface area contributed by atoms with Crippen molar-refractivity contribution in [3.05, 3.63) is 42.0 Å². The van der Waals surface area contributed by atoms with Gasteiger partial charge >= 0.3 is 6.09 Å². The van der Waals surface area contributed by atoms with Crippen LogP contribution in [0.3, 0.4) is 0 Å². The molecule has 0 radical (unpaired) electrons. The molecule has 0 aliphatic heterocycles. The van der Waals surface area contributed by atoms with E-state index in [2.05, 4.69) is 24.1 Å². The van der Waals surface area contributed by atoms with Crippen LogP contribution in [0.2, 0.25) is 0 Å². The molecule has 1 rings (SSSR count). The number of alkyl carbamates (subject to hydrolysis) is 1. The van der Waals surface area contributed by atoms with Crippen LogP contribution in [0.25, 0.3) is 6.08 Å². The third-order valence-electron chi connectivity index (χ3n) is 5.63. The summed E-state index contributed by atoms with van der Waals surface area (Å²) in [5, 5.41) is 5.42. The molecule has 0 bridgehead atoms. The number of ether oxygens (including phenoxy) is 1. The lowest BCUT2D eigenvalue weighted by molar-refractivity contribution is -0.143. The second kappa shape index (κ2) is 15.8. The predicted molar refractivity (Wildman–Crippen MR) is 150 cm³/mol. The van der Waals surface area contributed by atoms with E-state index in [0.29, 0.717) is 12.0 Å². The minimum Gasteiger partial charge on any atom is -0.444 e. The van der Waals surface area contributed by atoms with Crippen LogP contribution in [0.4, 0.5) is 4.79 Å². The molecule has 0 fully saturated rings. The molecular formula is C29H46N4O5. The zero-order chi connectivity index (χ0) is 28.9. The number of primary amides is 1. The fourth-order valence-corrected chi connectivity index (χ4v) is 4.00. The van der Waals surface area contributed by atoms with Crippen LogP contribution in [-0.2, 0) is 19.1 Å². The molecule has 38 heavy (non-hydrogen) atoms. The Morgan fingerprint density at radius 2 is 1.74 bits per heavy atom. The van der Waals surface area contributed by atoms with E-state index < -0.39 is 42.0 Å². The number of carbonyl (C=O) groups excluding carboxylic acids is 4. The first-order valence-corrected chi connectivity index (χ1v) is 13.4. The second-order valence-corrected chi connectivity index (χ2v) is 10.8. The van der Waals surface area contributed by atoms with Gasteiger partial charge in [0.1, 0.15) is 17.7 Å². The molecule has 4 amide bonds. The van der Waals surface area contributed by atoms with Crippen molar-refractivity contribution < 1.29 is 23.9 Å². The van der Waals surface area contributed by atoms with E-state index in [4.69, 9.17) is 10.5 Å². The van der Waals surface area contributed by atoms with Crippen molar-refractivity contribution in [3.8, 4) is 0 Å². The Balaban J connectivity index is 3.51. The van der Waals surface area contributed by atoms with E-state index in [-0.39, 0.29) is 18.5 Å². The number of hydrogen-bond acceptors (Lipinski definition) is 5. The number of carbonyl (C=O) groups is 4. The van der Waals surface area contributed by atoms with E-state index in [1.54, 1.807) is 45.0 Å². The SMILES string of the molecule is C=Cc1cccc(C(C(=O)NC(C)C)N(CCCCCCC)C(=O)C(CC(N)=O)NC(=O)OC(C)(C)C)c1. The quantitative estimate of drug-likeness (QED) is 0.288. The molecule has 0 aliphatic rings. The number of nitrogens with zero attached hydrogens (tertiary/aromatic N) is 1. The molecule has 0 spiro atoms. The summed E-state index contributed by atoms with van der Waals surface area (Å²) < 4.78 is 5.32. The zero-order valence-electron chi connectivity index (χ0n) is 23.8. The standard InChI is InChI=1S/C29H46N4O5/c1-8-10-11-12-13-17-33(27(36)23(19-24(30)34)32-28(37)38-29(5,6)7)25(26(35)31-20(3)4)22-16-14-15-21(9-2)18-22/h9,14-16,18,20,23,25H,2,8,10-13,17,19H2,1,3-7H3,(H2,30,34)(H,31,35)(H,32,37). The highest BCUT2D eigenvalue weighted by Gasteiger charge is 2.37. The summed E-state index contributed by atoms with van der Waals surface area (Å²) in [5.74, 6) is -1.71. The molecule has 0 heterocycles. The van der Waals surface area contributed by atoms with Gasteiger partial charge in [-0.3, -0.25) is 14.4 Å². The van der Waals surface area contributed by atoms with Crippen molar-refractivity contribution in [1.82, 2.24) is 15.5 Å². The van der Waals surface area contributed by atoms with Gasteiger partial charge in [0.2, 0.25) is 17.7 Å². The Bertz CT molecular complexity index is 955. The van der Waals surface area contributed by atoms with Crippen LogP contribution in [0.5, 0.6) is 0 Å². The molecule has 212 valence electrons. The van der Waals surface area contributed by atoms with Crippen molar-refractivity contribution >= 4 is 29.9 Å². The summed E-state index contributed by atoms with van der Waals surface area (Å²) in [5.41, 5.74) is 6.02. The Hall–Kier alpha value is -3.36. The number of nitrogens with one attached hydrogen (secondary N) is 2. The van der Waals surface area contributed by atoms with Crippen molar-refractivity contribution in [2.45, 2.75) is 104 Å². The molecule has 9 nitrogen and oxygen atoms in total. The van der Waals surface area contributed by atoms with Gasteiger partial charge in [-0.1, -0.05) is 63.5 Å². The summed E-state index contributed by atoms with van der Waals surface area (Å²) >= 11 is 0. The van der Waals surface area contributed by atoms with Gasteiger partial charge in [0.25, 0.3) is 0 Å². The number of hydrogen-bond donors (Lipinski definition) is 3. The number of nitrogens with two attached hydrogens (primary N) is 1. The van der Waals surface area contributed by atoms with Gasteiger partial charge in [0.15, 0.2) is 0 Å². The predicted octanol–water partition coefficient (Wildman–Crippen LogP) is 4.46. The summed E-state index contributed by atoms with van der Waals surface area (Å²) in [6.07, 6.45) is 5.02. The highest BCUT2D eigenvalue weighted by molar-refractivity contribution is 5.94. The molecule has 0 aromatic heterocycles. The van der Waals surface area contributed by atoms with Gasteiger partial charge in [-0.2, -0.15) is 0 Å². The molecule has 2 unspecified atom stereocenters. The molecule has 0 aliphatic carbocycles. The van der Waals surface area contributed by atoms with Gasteiger partial charge in [0.05, 0.1) is 6.42 Å². The fraction of sp³-hybridized carbons (Fsp3) is 0.586. The van der Waals surface area contributed by atoms with Crippen molar-refractivity contribution in [1.29, 1.82) is 0 Å². The van der Waals surface area contributed by atoms with Crippen LogP contribution in [-0.4, -0.2) is 52.9 Å². The van der Waals surface area contributed by atoms with Gasteiger partial charge < -0.3 is 26.0 Å². The molecule has 2 atom stereocenters. The van der Waals surface area contributed by atoms with E-state index in [1.807, 2.05) is 19.9 Å². The van der Waals surface area contributed by atoms with E-state index in [0.717, 1.165) is 31.2 Å². The maximum atomic E-state index is 14.0. The lowest BCUT2D eigenvalue weighted by atomic mass is 9.99. The summed E-state index contributed by atoms with van der Waals surface area (Å²) in [4.78, 5) is 53.5. The smallest absolute Gasteiger partial charge is 0.408 e. The van der Waals surface area contributed by atoms with Gasteiger partial charge in [-0.05, 0) is 58.2 Å². The maximum absolute atomic E-state index is 14.0. The first kappa shape index (κ1) is 32.7. The highest BCUT2D eigenvalue weighted by atomic mass is 16.6. The number of unbranched alkanes of at least 4 members (excludes halogenated alkanes) is 4. The first-order chi connectivity index (χ1) is 17.8. The molecule has 1 aromatic carbocycles. The molecular weight excluding hydrogens is 484 g/mol. The second-order valence-electron chi connectivity index (χ2n) is 10.8. The first-order valence-electron chi connectivity index (χ1n) is 13.4. The van der Waals surface area contributed by atoms with Crippen LogP contribution in [0.1, 0.15) is 97.2 Å². The normalized spacial score (nSPS) is 12.8. The lowest BCUT2D eigenvalue weighted by Gasteiger charge is -2.35. The minimum atomic E-state index is -1.30. The Morgan fingerprint density at radius 1 is 1.08 bits per heavy atom. The van der Waals surface area contributed by atoms with Crippen molar-refractivity contribution in [3.63, 3.8) is 0 Å². The highest BCUT2D eigenvalue weighted by Crippen LogP contribution is 2.25. The Morgan fingerprint density at radius 3 is 2.29 bits per heavy atom. The van der Waals surface area contributed by atoms with Crippen LogP contribution in [0.15, 0.2) is 30.8 Å². The van der Waals surface area contributed by atoms with Crippen molar-refractivity contribution in [2.24, 2.45) is 5.73 Å². The largest absolute Gasteiger partial charge is 0.444 e. The van der Waals surface area contributed by atoms with E-state index in [9.17, 15) is 19.2 Å². The monoisotopic (exact) mass is 530 g/mol. The Kier molecular flexibility index (Phi) is 13.6. The topological polar surface area (TPSA) is 131 Å². The zero-order valence-corrected chi connectivity index (χ0v) is 23.8. The summed E-state index contributed by atoms with van der Waals surface area (Å²) in [6.45, 7) is 14.9. The van der Waals surface area contributed by atoms with Crippen LogP contribution in [0, 0.1) is 0 Å². The third kappa shape index (κ3) is 11.8. The van der Waals surface area contributed by atoms with Crippen LogP contribution >= 0.6 is 0 Å². The molecule has 1 aromatic rings. The molecule has 9 heteroatoms. The number of amides is 4. The number of rotatable bonds is 15. The summed E-state index contributed by atoms with van der Waals surface area (Å²) in [6, 6.07) is 4.77. The average Bonchev–Trinajstić information content (AvgIpc) is 2.80. The molecule has 0 saturated heterocycles.